The van der Waals surface area contributed by atoms with Crippen LogP contribution >= 0.6 is 0 Å². The summed E-state index contributed by atoms with van der Waals surface area (Å²) in [5.41, 5.74) is 0.745. The molecule has 5 rings (SSSR count). The predicted octanol–water partition coefficient (Wildman–Crippen LogP) is 1.72. The Morgan fingerprint density at radius 2 is 1.91 bits per heavy atom. The molecule has 3 atom stereocenters. The fraction of sp³-hybridized carbons (Fsp3) is 0.654. The van der Waals surface area contributed by atoms with Crippen molar-refractivity contribution < 1.29 is 23.5 Å². The van der Waals surface area contributed by atoms with Crippen molar-refractivity contribution in [2.75, 3.05) is 33.3 Å². The molecule has 192 valence electrons. The van der Waals surface area contributed by atoms with E-state index in [2.05, 4.69) is 10.6 Å². The number of carbonyl (C=O) groups is 3. The maximum atomic E-state index is 14.5. The van der Waals surface area contributed by atoms with Gasteiger partial charge in [0.1, 0.15) is 18.7 Å². The van der Waals surface area contributed by atoms with Crippen LogP contribution in [-0.4, -0.2) is 78.9 Å². The molecule has 2 N–H and O–H groups in total. The first-order valence-electron chi connectivity index (χ1n) is 12.8. The molecule has 1 aromatic carbocycles. The monoisotopic (exact) mass is 488 g/mol. The zero-order valence-corrected chi connectivity index (χ0v) is 20.9. The molecule has 0 radical (unpaired) electrons. The number of para-hydroxylation sites is 1. The number of aryl methyl sites for hydroxylation is 1. The van der Waals surface area contributed by atoms with Crippen LogP contribution in [0.1, 0.15) is 45.1 Å². The molecule has 3 amide bonds. The SMILES string of the molecule is CC(C)C[C@@H]1C(=O)NCCCc2cccc(F)c2OCCN[C@@H](C2CC2)C(=O)N(C)[C@@H]2CN1C2=O. The van der Waals surface area contributed by atoms with Crippen LogP contribution in [0, 0.1) is 17.7 Å². The van der Waals surface area contributed by atoms with Gasteiger partial charge in [-0.3, -0.25) is 14.4 Å². The molecule has 1 aliphatic carbocycles. The first-order chi connectivity index (χ1) is 16.8. The van der Waals surface area contributed by atoms with Crippen LogP contribution in [0.25, 0.3) is 0 Å². The molecule has 1 saturated heterocycles. The number of nitrogens with zero attached hydrogens (tertiary/aromatic N) is 2. The summed E-state index contributed by atoms with van der Waals surface area (Å²) in [4.78, 5) is 42.5. The number of amides is 3. The third-order valence-corrected chi connectivity index (χ3v) is 7.17. The lowest BCUT2D eigenvalue weighted by molar-refractivity contribution is -0.163. The molecule has 0 spiro atoms. The smallest absolute Gasteiger partial charge is 0.247 e. The average Bonchev–Trinajstić information content (AvgIpc) is 3.65. The highest BCUT2D eigenvalue weighted by atomic mass is 19.1. The van der Waals surface area contributed by atoms with Gasteiger partial charge in [-0.15, -0.1) is 0 Å². The van der Waals surface area contributed by atoms with Crippen LogP contribution in [0.2, 0.25) is 0 Å². The van der Waals surface area contributed by atoms with Crippen molar-refractivity contribution in [3.63, 3.8) is 0 Å². The van der Waals surface area contributed by atoms with Gasteiger partial charge in [-0.05, 0) is 55.6 Å². The van der Waals surface area contributed by atoms with Gasteiger partial charge in [0, 0.05) is 20.1 Å². The van der Waals surface area contributed by atoms with E-state index < -0.39 is 23.9 Å². The Kier molecular flexibility index (Phi) is 7.94. The minimum atomic E-state index is -0.563. The Labute approximate surface area is 206 Å². The molecular formula is C26H37FN4O4. The van der Waals surface area contributed by atoms with E-state index >= 15 is 0 Å². The van der Waals surface area contributed by atoms with Crippen molar-refractivity contribution >= 4 is 17.7 Å². The minimum absolute atomic E-state index is 0.122. The highest BCUT2D eigenvalue weighted by Gasteiger charge is 2.48. The number of hydrogen-bond donors (Lipinski definition) is 2. The first-order valence-corrected chi connectivity index (χ1v) is 12.8. The molecule has 3 heterocycles. The summed E-state index contributed by atoms with van der Waals surface area (Å²) in [5, 5.41) is 6.24. The molecular weight excluding hydrogens is 451 g/mol. The summed E-state index contributed by atoms with van der Waals surface area (Å²) < 4.78 is 20.3. The van der Waals surface area contributed by atoms with E-state index in [0.717, 1.165) is 18.4 Å². The van der Waals surface area contributed by atoms with Crippen LogP contribution in [0.15, 0.2) is 18.2 Å². The zero-order valence-electron chi connectivity index (χ0n) is 20.9. The second-order valence-electron chi connectivity index (χ2n) is 10.3. The number of hydrogen-bond acceptors (Lipinski definition) is 5. The molecule has 35 heavy (non-hydrogen) atoms. The van der Waals surface area contributed by atoms with E-state index in [-0.39, 0.29) is 41.9 Å². The molecule has 2 fully saturated rings. The second kappa shape index (κ2) is 10.9. The summed E-state index contributed by atoms with van der Waals surface area (Å²) in [6.45, 7) is 5.43. The van der Waals surface area contributed by atoms with Gasteiger partial charge in [-0.25, -0.2) is 4.39 Å². The number of β-lactam (4-membered cyclic amide) rings is 1. The highest BCUT2D eigenvalue weighted by molar-refractivity contribution is 5.97. The zero-order chi connectivity index (χ0) is 25.1. The topological polar surface area (TPSA) is 91.0 Å². The van der Waals surface area contributed by atoms with Crippen LogP contribution in [0.4, 0.5) is 4.39 Å². The van der Waals surface area contributed by atoms with Crippen molar-refractivity contribution in [1.82, 2.24) is 20.4 Å². The third kappa shape index (κ3) is 5.77. The van der Waals surface area contributed by atoms with Crippen molar-refractivity contribution in [3.05, 3.63) is 29.6 Å². The number of rotatable bonds is 3. The minimum Gasteiger partial charge on any atom is -0.489 e. The summed E-state index contributed by atoms with van der Waals surface area (Å²) in [6, 6.07) is 3.34. The van der Waals surface area contributed by atoms with Gasteiger partial charge >= 0.3 is 0 Å². The molecule has 4 aliphatic rings. The second-order valence-corrected chi connectivity index (χ2v) is 10.3. The number of halogens is 1. The van der Waals surface area contributed by atoms with E-state index in [1.54, 1.807) is 18.0 Å². The molecule has 8 nitrogen and oxygen atoms in total. The Bertz CT molecular complexity index is 951. The summed E-state index contributed by atoms with van der Waals surface area (Å²) >= 11 is 0. The maximum absolute atomic E-state index is 14.5. The number of benzene rings is 1. The molecule has 2 bridgehead atoms. The average molecular weight is 489 g/mol. The Hall–Kier alpha value is -2.68. The van der Waals surface area contributed by atoms with Gasteiger partial charge in [0.2, 0.25) is 17.7 Å². The standard InChI is InChI=1S/C26H37FN4O4/c1-16(2)14-20-24(32)29-11-5-7-18-6-4-8-19(27)23(18)35-13-12-28-22(17-9-10-17)26(34)30(3)21-15-31(20)25(21)33/h4,6,8,16-17,20-22,28H,5,7,9-15H2,1-3H3,(H,29,32)/t20-,21-,22+/m1/s1. The van der Waals surface area contributed by atoms with E-state index in [4.69, 9.17) is 4.74 Å². The van der Waals surface area contributed by atoms with E-state index in [0.29, 0.717) is 38.9 Å². The van der Waals surface area contributed by atoms with Gasteiger partial charge < -0.3 is 25.2 Å². The molecule has 0 unspecified atom stereocenters. The Balaban J connectivity index is 1.54. The van der Waals surface area contributed by atoms with Crippen LogP contribution < -0.4 is 15.4 Å². The quantitative estimate of drug-likeness (QED) is 0.500. The van der Waals surface area contributed by atoms with Crippen molar-refractivity contribution in [1.29, 1.82) is 0 Å². The number of likely N-dealkylation sites (N-methyl/N-ethyl adjacent to an activating group) is 1. The van der Waals surface area contributed by atoms with Gasteiger partial charge in [-0.2, -0.15) is 0 Å². The van der Waals surface area contributed by atoms with E-state index in [1.165, 1.54) is 11.0 Å². The molecule has 0 aromatic heterocycles. The molecule has 3 aliphatic heterocycles. The lowest BCUT2D eigenvalue weighted by atomic mass is 9.95. The van der Waals surface area contributed by atoms with Crippen LogP contribution in [0.5, 0.6) is 5.75 Å². The Morgan fingerprint density at radius 3 is 2.60 bits per heavy atom. The predicted molar refractivity (Wildman–Crippen MR) is 129 cm³/mol. The lowest BCUT2D eigenvalue weighted by Crippen LogP contribution is -2.70. The van der Waals surface area contributed by atoms with Gasteiger partial charge in [0.15, 0.2) is 11.6 Å². The van der Waals surface area contributed by atoms with Gasteiger partial charge in [-0.1, -0.05) is 26.0 Å². The van der Waals surface area contributed by atoms with Gasteiger partial charge in [0.05, 0.1) is 12.6 Å². The largest absolute Gasteiger partial charge is 0.489 e. The van der Waals surface area contributed by atoms with Crippen molar-refractivity contribution in [2.24, 2.45) is 11.8 Å². The normalized spacial score (nSPS) is 26.9. The van der Waals surface area contributed by atoms with Crippen LogP contribution in [0.3, 0.4) is 0 Å². The number of fused-ring (bicyclic) bond motifs is 11. The van der Waals surface area contributed by atoms with E-state index in [9.17, 15) is 18.8 Å². The number of carbonyl (C=O) groups excluding carboxylic acids is 3. The molecule has 1 aromatic rings. The summed E-state index contributed by atoms with van der Waals surface area (Å²) in [7, 11) is 1.66. The number of nitrogens with one attached hydrogen (secondary N) is 2. The molecule has 1 saturated carbocycles. The molecule has 9 heteroatoms. The summed E-state index contributed by atoms with van der Waals surface area (Å²) in [6.07, 6.45) is 3.63. The first kappa shape index (κ1) is 25.4. The van der Waals surface area contributed by atoms with Crippen LogP contribution in [-0.2, 0) is 20.8 Å². The Morgan fingerprint density at radius 1 is 1.14 bits per heavy atom. The lowest BCUT2D eigenvalue weighted by Gasteiger charge is -2.47. The summed E-state index contributed by atoms with van der Waals surface area (Å²) in [5.74, 6) is -0.222. The van der Waals surface area contributed by atoms with Gasteiger partial charge in [0.25, 0.3) is 0 Å². The number of ether oxygens (including phenoxy) is 1. The third-order valence-electron chi connectivity index (χ3n) is 7.17. The maximum Gasteiger partial charge on any atom is 0.247 e. The highest BCUT2D eigenvalue weighted by Crippen LogP contribution is 2.34. The van der Waals surface area contributed by atoms with Crippen molar-refractivity contribution in [3.8, 4) is 5.75 Å². The van der Waals surface area contributed by atoms with E-state index in [1.807, 2.05) is 19.9 Å². The fourth-order valence-corrected chi connectivity index (χ4v) is 4.97. The fourth-order valence-electron chi connectivity index (χ4n) is 4.97. The van der Waals surface area contributed by atoms with Crippen molar-refractivity contribution in [2.45, 2.75) is 64.1 Å².